The third-order valence-corrected chi connectivity index (χ3v) is 3.50. The van der Waals surface area contributed by atoms with Gasteiger partial charge in [0.25, 0.3) is 0 Å². The first-order chi connectivity index (χ1) is 9.56. The van der Waals surface area contributed by atoms with Crippen LogP contribution in [0.5, 0.6) is 0 Å². The average Bonchev–Trinajstić information content (AvgIpc) is 2.45. The first-order valence-corrected chi connectivity index (χ1v) is 6.75. The Balaban J connectivity index is 1.89. The molecule has 2 heterocycles. The number of carboxylic acid groups (broad SMARTS) is 1. The molecule has 1 saturated heterocycles. The standard InChI is InChI=1S/C14H19N3O3/c1-9-6-10(2-4-15-9)13(18)17-8-12-7-11(14(19)20)3-5-16-12/h3,5,7,9-10,15H,2,4,6,8H2,1H3,(H,17,18)(H,19,20). The highest BCUT2D eigenvalue weighted by Crippen LogP contribution is 2.16. The number of nitrogens with one attached hydrogen (secondary N) is 2. The Morgan fingerprint density at radius 2 is 2.35 bits per heavy atom. The normalized spacial score (nSPS) is 22.2. The largest absolute Gasteiger partial charge is 0.478 e. The van der Waals surface area contributed by atoms with Crippen molar-refractivity contribution < 1.29 is 14.7 Å². The molecule has 0 aromatic carbocycles. The molecule has 2 atom stereocenters. The summed E-state index contributed by atoms with van der Waals surface area (Å²) in [5, 5.41) is 15.0. The van der Waals surface area contributed by atoms with Gasteiger partial charge in [0.1, 0.15) is 0 Å². The van der Waals surface area contributed by atoms with Crippen LogP contribution in [0.3, 0.4) is 0 Å². The Bertz CT molecular complexity index is 504. The monoisotopic (exact) mass is 277 g/mol. The van der Waals surface area contributed by atoms with Gasteiger partial charge in [0.2, 0.25) is 5.91 Å². The molecule has 6 heteroatoms. The van der Waals surface area contributed by atoms with Gasteiger partial charge in [-0.2, -0.15) is 0 Å². The lowest BCUT2D eigenvalue weighted by atomic mass is 9.92. The molecule has 108 valence electrons. The van der Waals surface area contributed by atoms with Crippen LogP contribution in [0.25, 0.3) is 0 Å². The number of hydrogen-bond acceptors (Lipinski definition) is 4. The topological polar surface area (TPSA) is 91.3 Å². The molecule has 3 N–H and O–H groups in total. The molecule has 0 bridgehead atoms. The minimum absolute atomic E-state index is 0.0147. The molecule has 0 spiro atoms. The van der Waals surface area contributed by atoms with Crippen LogP contribution in [-0.2, 0) is 11.3 Å². The molecular formula is C14H19N3O3. The van der Waals surface area contributed by atoms with E-state index in [1.54, 1.807) is 0 Å². The molecule has 1 aromatic heterocycles. The van der Waals surface area contributed by atoms with Crippen molar-refractivity contribution in [3.8, 4) is 0 Å². The lowest BCUT2D eigenvalue weighted by molar-refractivity contribution is -0.126. The van der Waals surface area contributed by atoms with Crippen molar-refractivity contribution >= 4 is 11.9 Å². The third-order valence-electron chi connectivity index (χ3n) is 3.50. The molecule has 20 heavy (non-hydrogen) atoms. The fraction of sp³-hybridized carbons (Fsp3) is 0.500. The van der Waals surface area contributed by atoms with Gasteiger partial charge in [-0.05, 0) is 38.4 Å². The first kappa shape index (κ1) is 14.5. The fourth-order valence-corrected chi connectivity index (χ4v) is 2.40. The summed E-state index contributed by atoms with van der Waals surface area (Å²) in [4.78, 5) is 27.0. The van der Waals surface area contributed by atoms with Gasteiger partial charge in [-0.1, -0.05) is 0 Å². The number of rotatable bonds is 4. The van der Waals surface area contributed by atoms with Crippen molar-refractivity contribution in [1.82, 2.24) is 15.6 Å². The molecule has 0 aliphatic carbocycles. The zero-order valence-corrected chi connectivity index (χ0v) is 11.4. The predicted molar refractivity (Wildman–Crippen MR) is 73.2 cm³/mol. The van der Waals surface area contributed by atoms with E-state index in [4.69, 9.17) is 5.11 Å². The molecule has 1 aliphatic heterocycles. The van der Waals surface area contributed by atoms with Crippen molar-refractivity contribution in [2.24, 2.45) is 5.92 Å². The van der Waals surface area contributed by atoms with Crippen molar-refractivity contribution in [1.29, 1.82) is 0 Å². The Labute approximate surface area is 117 Å². The van der Waals surface area contributed by atoms with Crippen LogP contribution in [0.4, 0.5) is 0 Å². The number of aromatic carboxylic acids is 1. The average molecular weight is 277 g/mol. The Morgan fingerprint density at radius 3 is 3.05 bits per heavy atom. The van der Waals surface area contributed by atoms with E-state index < -0.39 is 5.97 Å². The molecule has 2 rings (SSSR count). The molecule has 1 amide bonds. The lowest BCUT2D eigenvalue weighted by Gasteiger charge is -2.27. The van der Waals surface area contributed by atoms with E-state index in [9.17, 15) is 9.59 Å². The third kappa shape index (κ3) is 3.77. The molecule has 6 nitrogen and oxygen atoms in total. The van der Waals surface area contributed by atoms with E-state index in [1.165, 1.54) is 18.3 Å². The van der Waals surface area contributed by atoms with E-state index in [1.807, 2.05) is 0 Å². The zero-order valence-electron chi connectivity index (χ0n) is 11.4. The number of piperidine rings is 1. The Kier molecular flexibility index (Phi) is 4.68. The van der Waals surface area contributed by atoms with Crippen LogP contribution >= 0.6 is 0 Å². The molecule has 0 saturated carbocycles. The van der Waals surface area contributed by atoms with Crippen LogP contribution in [-0.4, -0.2) is 34.6 Å². The summed E-state index contributed by atoms with van der Waals surface area (Å²) in [6.07, 6.45) is 3.10. The molecule has 1 aromatic rings. The van der Waals surface area contributed by atoms with E-state index >= 15 is 0 Å². The molecule has 1 fully saturated rings. The molecule has 2 unspecified atom stereocenters. The summed E-state index contributed by atoms with van der Waals surface area (Å²) in [6.45, 7) is 3.18. The quantitative estimate of drug-likeness (QED) is 0.756. The highest BCUT2D eigenvalue weighted by atomic mass is 16.4. The predicted octanol–water partition coefficient (Wildman–Crippen LogP) is 0.784. The summed E-state index contributed by atoms with van der Waals surface area (Å²) < 4.78 is 0. The smallest absolute Gasteiger partial charge is 0.335 e. The molecule has 0 radical (unpaired) electrons. The van der Waals surface area contributed by atoms with Crippen LogP contribution in [0.2, 0.25) is 0 Å². The Morgan fingerprint density at radius 1 is 1.55 bits per heavy atom. The van der Waals surface area contributed by atoms with Crippen molar-refractivity contribution in [3.05, 3.63) is 29.6 Å². The number of amides is 1. The lowest BCUT2D eigenvalue weighted by Crippen LogP contribution is -2.42. The minimum atomic E-state index is -0.993. The van der Waals surface area contributed by atoms with Crippen LogP contribution in [0.1, 0.15) is 35.8 Å². The first-order valence-electron chi connectivity index (χ1n) is 6.75. The van der Waals surface area contributed by atoms with Gasteiger partial charge in [0.05, 0.1) is 17.8 Å². The second kappa shape index (κ2) is 6.47. The van der Waals surface area contributed by atoms with Gasteiger partial charge in [-0.3, -0.25) is 9.78 Å². The highest BCUT2D eigenvalue weighted by molar-refractivity contribution is 5.87. The van der Waals surface area contributed by atoms with E-state index in [0.717, 1.165) is 19.4 Å². The van der Waals surface area contributed by atoms with E-state index in [2.05, 4.69) is 22.5 Å². The van der Waals surface area contributed by atoms with Gasteiger partial charge in [0.15, 0.2) is 0 Å². The number of nitrogens with zero attached hydrogens (tertiary/aromatic N) is 1. The number of hydrogen-bond donors (Lipinski definition) is 3. The maximum Gasteiger partial charge on any atom is 0.335 e. The number of pyridine rings is 1. The molecular weight excluding hydrogens is 258 g/mol. The summed E-state index contributed by atoms with van der Waals surface area (Å²) in [5.74, 6) is -0.957. The highest BCUT2D eigenvalue weighted by Gasteiger charge is 2.24. The van der Waals surface area contributed by atoms with Gasteiger partial charge < -0.3 is 15.7 Å². The summed E-state index contributed by atoms with van der Waals surface area (Å²) >= 11 is 0. The van der Waals surface area contributed by atoms with Gasteiger partial charge in [-0.25, -0.2) is 4.79 Å². The number of aromatic nitrogens is 1. The van der Waals surface area contributed by atoms with Gasteiger partial charge >= 0.3 is 5.97 Å². The SMILES string of the molecule is CC1CC(C(=O)NCc2cc(C(=O)O)ccn2)CCN1. The summed E-state index contributed by atoms with van der Waals surface area (Å²) in [6, 6.07) is 3.27. The Hall–Kier alpha value is -1.95. The zero-order chi connectivity index (χ0) is 14.5. The maximum absolute atomic E-state index is 12.1. The van der Waals surface area contributed by atoms with Crippen LogP contribution in [0.15, 0.2) is 18.3 Å². The van der Waals surface area contributed by atoms with E-state index in [-0.39, 0.29) is 23.9 Å². The second-order valence-electron chi connectivity index (χ2n) is 5.14. The van der Waals surface area contributed by atoms with Crippen molar-refractivity contribution in [3.63, 3.8) is 0 Å². The van der Waals surface area contributed by atoms with E-state index in [0.29, 0.717) is 11.7 Å². The number of carbonyl (C=O) groups is 2. The van der Waals surface area contributed by atoms with Crippen LogP contribution < -0.4 is 10.6 Å². The summed E-state index contributed by atoms with van der Waals surface area (Å²) in [5.41, 5.74) is 0.736. The van der Waals surface area contributed by atoms with Crippen molar-refractivity contribution in [2.45, 2.75) is 32.4 Å². The minimum Gasteiger partial charge on any atom is -0.478 e. The van der Waals surface area contributed by atoms with Gasteiger partial charge in [-0.15, -0.1) is 0 Å². The maximum atomic E-state index is 12.1. The fourth-order valence-electron chi connectivity index (χ4n) is 2.40. The number of carbonyl (C=O) groups excluding carboxylic acids is 1. The number of carboxylic acids is 1. The molecule has 1 aliphatic rings. The van der Waals surface area contributed by atoms with Crippen molar-refractivity contribution in [2.75, 3.05) is 6.54 Å². The van der Waals surface area contributed by atoms with Crippen LogP contribution in [0, 0.1) is 5.92 Å². The second-order valence-corrected chi connectivity index (χ2v) is 5.14. The van der Waals surface area contributed by atoms with Gasteiger partial charge in [0, 0.05) is 18.2 Å². The summed E-state index contributed by atoms with van der Waals surface area (Å²) in [7, 11) is 0.